The van der Waals surface area contributed by atoms with E-state index in [1.165, 1.54) is 5.56 Å². The number of amides is 1. The van der Waals surface area contributed by atoms with Gasteiger partial charge >= 0.3 is 0 Å². The summed E-state index contributed by atoms with van der Waals surface area (Å²) >= 11 is 0. The van der Waals surface area contributed by atoms with Crippen molar-refractivity contribution in [1.82, 2.24) is 4.90 Å². The standard InChI is InChI=1S/C17H24N2O2/c1-12-15(10-14-4-2-3-5-16(14)18-12)17(21)19-8-6-13(11-19)7-9-20/h2-5,12-13,15,18,20H,6-11H2,1H3. The molecule has 4 heteroatoms. The van der Waals surface area contributed by atoms with E-state index < -0.39 is 0 Å². The molecule has 0 bridgehead atoms. The number of fused-ring (bicyclic) bond motifs is 1. The lowest BCUT2D eigenvalue weighted by Crippen LogP contribution is -2.44. The van der Waals surface area contributed by atoms with Crippen LogP contribution in [0.15, 0.2) is 24.3 Å². The number of para-hydroxylation sites is 1. The van der Waals surface area contributed by atoms with Gasteiger partial charge in [-0.1, -0.05) is 18.2 Å². The topological polar surface area (TPSA) is 52.6 Å². The second kappa shape index (κ2) is 6.06. The van der Waals surface area contributed by atoms with Crippen molar-refractivity contribution in [3.05, 3.63) is 29.8 Å². The number of carbonyl (C=O) groups excluding carboxylic acids is 1. The number of likely N-dealkylation sites (tertiary alicyclic amines) is 1. The Labute approximate surface area is 126 Å². The van der Waals surface area contributed by atoms with Crippen molar-refractivity contribution in [3.63, 3.8) is 0 Å². The predicted octanol–water partition coefficient (Wildman–Crippen LogP) is 1.89. The van der Waals surface area contributed by atoms with E-state index in [1.807, 2.05) is 17.0 Å². The van der Waals surface area contributed by atoms with Crippen molar-refractivity contribution in [2.24, 2.45) is 11.8 Å². The van der Waals surface area contributed by atoms with Gasteiger partial charge in [0.2, 0.25) is 5.91 Å². The van der Waals surface area contributed by atoms with Gasteiger partial charge in [0.25, 0.3) is 0 Å². The minimum atomic E-state index is 0.0211. The summed E-state index contributed by atoms with van der Waals surface area (Å²) in [5.41, 5.74) is 2.40. The number of nitrogens with one attached hydrogen (secondary N) is 1. The number of anilines is 1. The van der Waals surface area contributed by atoms with Crippen LogP contribution in [0, 0.1) is 11.8 Å². The second-order valence-corrected chi connectivity index (χ2v) is 6.35. The Morgan fingerprint density at radius 1 is 1.43 bits per heavy atom. The van der Waals surface area contributed by atoms with Crippen molar-refractivity contribution < 1.29 is 9.90 Å². The Morgan fingerprint density at radius 3 is 3.05 bits per heavy atom. The number of carbonyl (C=O) groups is 1. The highest BCUT2D eigenvalue weighted by atomic mass is 16.3. The van der Waals surface area contributed by atoms with Gasteiger partial charge in [0, 0.05) is 31.4 Å². The van der Waals surface area contributed by atoms with Gasteiger partial charge in [-0.25, -0.2) is 0 Å². The maximum atomic E-state index is 12.8. The lowest BCUT2D eigenvalue weighted by molar-refractivity contribution is -0.135. The monoisotopic (exact) mass is 288 g/mol. The number of benzene rings is 1. The van der Waals surface area contributed by atoms with E-state index in [9.17, 15) is 4.79 Å². The van der Waals surface area contributed by atoms with Crippen LogP contribution < -0.4 is 5.32 Å². The molecule has 0 radical (unpaired) electrons. The number of aliphatic hydroxyl groups is 1. The number of rotatable bonds is 3. The molecule has 1 saturated heterocycles. The van der Waals surface area contributed by atoms with Gasteiger partial charge in [0.15, 0.2) is 0 Å². The molecule has 1 amide bonds. The van der Waals surface area contributed by atoms with Gasteiger partial charge in [-0.3, -0.25) is 4.79 Å². The quantitative estimate of drug-likeness (QED) is 0.893. The summed E-state index contributed by atoms with van der Waals surface area (Å²) in [7, 11) is 0. The summed E-state index contributed by atoms with van der Waals surface area (Å²) in [4.78, 5) is 14.8. The number of aliphatic hydroxyl groups excluding tert-OH is 1. The van der Waals surface area contributed by atoms with Crippen molar-refractivity contribution in [1.29, 1.82) is 0 Å². The van der Waals surface area contributed by atoms with Crippen molar-refractivity contribution in [2.45, 2.75) is 32.2 Å². The van der Waals surface area contributed by atoms with Crippen LogP contribution in [0.3, 0.4) is 0 Å². The summed E-state index contributed by atoms with van der Waals surface area (Å²) in [6.45, 7) is 3.97. The molecule has 0 aromatic heterocycles. The SMILES string of the molecule is CC1Nc2ccccc2CC1C(=O)N1CCC(CCO)C1. The van der Waals surface area contributed by atoms with Crippen LogP contribution in [0.2, 0.25) is 0 Å². The first-order valence-electron chi connectivity index (χ1n) is 7.93. The van der Waals surface area contributed by atoms with Gasteiger partial charge in [-0.2, -0.15) is 0 Å². The molecular weight excluding hydrogens is 264 g/mol. The average Bonchev–Trinajstić information content (AvgIpc) is 2.95. The molecule has 0 spiro atoms. The molecule has 1 aromatic rings. The molecule has 4 nitrogen and oxygen atoms in total. The Kier molecular flexibility index (Phi) is 4.15. The van der Waals surface area contributed by atoms with Crippen LogP contribution in [0.4, 0.5) is 5.69 Å². The number of hydrogen-bond donors (Lipinski definition) is 2. The van der Waals surface area contributed by atoms with E-state index in [0.717, 1.165) is 38.0 Å². The lowest BCUT2D eigenvalue weighted by atomic mass is 9.87. The Hall–Kier alpha value is -1.55. The van der Waals surface area contributed by atoms with Crippen molar-refractivity contribution in [2.75, 3.05) is 25.0 Å². The fraction of sp³-hybridized carbons (Fsp3) is 0.588. The van der Waals surface area contributed by atoms with Crippen LogP contribution in [0.25, 0.3) is 0 Å². The minimum absolute atomic E-state index is 0.0211. The molecule has 3 unspecified atom stereocenters. The molecule has 3 atom stereocenters. The first kappa shape index (κ1) is 14.4. The third-order valence-corrected chi connectivity index (χ3v) is 4.90. The molecule has 0 aliphatic carbocycles. The Bertz CT molecular complexity index is 517. The molecule has 1 aromatic carbocycles. The minimum Gasteiger partial charge on any atom is -0.396 e. The normalized spacial score (nSPS) is 28.1. The first-order valence-corrected chi connectivity index (χ1v) is 7.93. The molecule has 0 saturated carbocycles. The predicted molar refractivity (Wildman–Crippen MR) is 83.1 cm³/mol. The number of hydrogen-bond acceptors (Lipinski definition) is 3. The summed E-state index contributed by atoms with van der Waals surface area (Å²) < 4.78 is 0. The lowest BCUT2D eigenvalue weighted by Gasteiger charge is -2.34. The van der Waals surface area contributed by atoms with Crippen LogP contribution in [-0.2, 0) is 11.2 Å². The fourth-order valence-corrected chi connectivity index (χ4v) is 3.59. The van der Waals surface area contributed by atoms with Crippen LogP contribution in [0.5, 0.6) is 0 Å². The highest BCUT2D eigenvalue weighted by Crippen LogP contribution is 2.31. The van der Waals surface area contributed by atoms with Gasteiger partial charge in [0.1, 0.15) is 0 Å². The Balaban J connectivity index is 1.68. The maximum absolute atomic E-state index is 12.8. The molecule has 2 heterocycles. The zero-order valence-electron chi connectivity index (χ0n) is 12.6. The molecule has 2 aliphatic heterocycles. The molecular formula is C17H24N2O2. The molecule has 2 N–H and O–H groups in total. The second-order valence-electron chi connectivity index (χ2n) is 6.35. The Morgan fingerprint density at radius 2 is 2.24 bits per heavy atom. The third kappa shape index (κ3) is 2.91. The van der Waals surface area contributed by atoms with E-state index >= 15 is 0 Å². The molecule has 1 fully saturated rings. The molecule has 21 heavy (non-hydrogen) atoms. The van der Waals surface area contributed by atoms with E-state index in [2.05, 4.69) is 24.4 Å². The van der Waals surface area contributed by atoms with Crippen LogP contribution in [0.1, 0.15) is 25.3 Å². The summed E-state index contributed by atoms with van der Waals surface area (Å²) in [5.74, 6) is 0.760. The average molecular weight is 288 g/mol. The smallest absolute Gasteiger partial charge is 0.228 e. The molecule has 114 valence electrons. The summed E-state index contributed by atoms with van der Waals surface area (Å²) in [6.07, 6.45) is 2.66. The van der Waals surface area contributed by atoms with E-state index in [0.29, 0.717) is 5.92 Å². The third-order valence-electron chi connectivity index (χ3n) is 4.90. The van der Waals surface area contributed by atoms with E-state index in [4.69, 9.17) is 5.11 Å². The molecule has 2 aliphatic rings. The summed E-state index contributed by atoms with van der Waals surface area (Å²) in [5, 5.41) is 12.5. The van der Waals surface area contributed by atoms with Crippen molar-refractivity contribution in [3.8, 4) is 0 Å². The zero-order valence-corrected chi connectivity index (χ0v) is 12.6. The first-order chi connectivity index (χ1) is 10.2. The molecule has 3 rings (SSSR count). The van der Waals surface area contributed by atoms with Crippen LogP contribution >= 0.6 is 0 Å². The van der Waals surface area contributed by atoms with Gasteiger partial charge in [-0.15, -0.1) is 0 Å². The van der Waals surface area contributed by atoms with E-state index in [1.54, 1.807) is 0 Å². The highest BCUT2D eigenvalue weighted by Gasteiger charge is 2.35. The van der Waals surface area contributed by atoms with Crippen LogP contribution in [-0.4, -0.2) is 41.7 Å². The largest absolute Gasteiger partial charge is 0.396 e. The fourth-order valence-electron chi connectivity index (χ4n) is 3.59. The zero-order chi connectivity index (χ0) is 14.8. The highest BCUT2D eigenvalue weighted by molar-refractivity contribution is 5.82. The van der Waals surface area contributed by atoms with Crippen molar-refractivity contribution >= 4 is 11.6 Å². The van der Waals surface area contributed by atoms with Gasteiger partial charge in [0.05, 0.1) is 5.92 Å². The van der Waals surface area contributed by atoms with Gasteiger partial charge < -0.3 is 15.3 Å². The number of nitrogens with zero attached hydrogens (tertiary/aromatic N) is 1. The van der Waals surface area contributed by atoms with E-state index in [-0.39, 0.29) is 24.5 Å². The maximum Gasteiger partial charge on any atom is 0.228 e. The summed E-state index contributed by atoms with van der Waals surface area (Å²) in [6, 6.07) is 8.42. The van der Waals surface area contributed by atoms with Gasteiger partial charge in [-0.05, 0) is 43.7 Å².